The highest BCUT2D eigenvalue weighted by Gasteiger charge is 2.33. The molecule has 1 atom stereocenters. The van der Waals surface area contributed by atoms with Crippen LogP contribution in [-0.4, -0.2) is 57.9 Å². The van der Waals surface area contributed by atoms with Crippen molar-refractivity contribution in [2.45, 2.75) is 52.5 Å². The number of nitrogens with zero attached hydrogens (tertiary/aromatic N) is 6. The fraction of sp³-hybridized carbons (Fsp3) is 0.440. The van der Waals surface area contributed by atoms with Gasteiger partial charge in [0.05, 0.1) is 16.3 Å². The first-order chi connectivity index (χ1) is 16.8. The van der Waals surface area contributed by atoms with Gasteiger partial charge < -0.3 is 4.90 Å². The lowest BCUT2D eigenvalue weighted by atomic mass is 10.2. The molecule has 0 spiro atoms. The van der Waals surface area contributed by atoms with Crippen molar-refractivity contribution < 1.29 is 8.42 Å². The molecule has 0 aliphatic carbocycles. The Morgan fingerprint density at radius 2 is 1.63 bits per heavy atom. The molecule has 10 heteroatoms. The molecule has 4 rings (SSSR count). The number of sulfonamides is 1. The van der Waals surface area contributed by atoms with E-state index in [1.165, 1.54) is 21.3 Å². The number of piperazine rings is 1. The summed E-state index contributed by atoms with van der Waals surface area (Å²) in [6.07, 6.45) is 3.00. The maximum absolute atomic E-state index is 13.1. The molecule has 35 heavy (non-hydrogen) atoms. The van der Waals surface area contributed by atoms with Gasteiger partial charge in [0, 0.05) is 45.0 Å². The van der Waals surface area contributed by atoms with E-state index < -0.39 is 10.0 Å². The number of aryl methyl sites for hydroxylation is 1. The maximum Gasteiger partial charge on any atom is 0.255 e. The van der Waals surface area contributed by atoms with Crippen molar-refractivity contribution in [1.29, 1.82) is 0 Å². The molecule has 1 saturated heterocycles. The normalized spacial score (nSPS) is 16.0. The molecule has 1 fully saturated rings. The lowest BCUT2D eigenvalue weighted by Crippen LogP contribution is -2.55. The average molecular weight is 501 g/mol. The van der Waals surface area contributed by atoms with Crippen molar-refractivity contribution in [1.82, 2.24) is 23.8 Å². The molecule has 2 aromatic heterocycles. The molecule has 0 radical (unpaired) electrons. The average Bonchev–Trinajstić information content (AvgIpc) is 2.89. The van der Waals surface area contributed by atoms with Gasteiger partial charge >= 0.3 is 0 Å². The minimum Gasteiger partial charge on any atom is -0.337 e. The van der Waals surface area contributed by atoms with Gasteiger partial charge in [0.1, 0.15) is 6.33 Å². The largest absolute Gasteiger partial charge is 0.337 e. The Bertz CT molecular complexity index is 1240. The summed E-state index contributed by atoms with van der Waals surface area (Å²) in [5, 5.41) is 0. The van der Waals surface area contributed by atoms with Crippen molar-refractivity contribution in [3.63, 3.8) is 0 Å². The third-order valence-electron chi connectivity index (χ3n) is 5.46. The van der Waals surface area contributed by atoms with Crippen LogP contribution in [0.1, 0.15) is 40.2 Å². The van der Waals surface area contributed by atoms with E-state index in [0.29, 0.717) is 37.0 Å². The van der Waals surface area contributed by atoms with E-state index in [9.17, 15) is 13.2 Å². The van der Waals surface area contributed by atoms with Gasteiger partial charge in [0.2, 0.25) is 16.0 Å². The predicted molar refractivity (Wildman–Crippen MR) is 140 cm³/mol. The SMILES string of the molecule is CC.CC.Cc1ccc(S(=O)(=O)N2CCN(c3nc(-c4ccncn4)cc(=O)n3C)[C@H](C)C2)cc1. The number of anilines is 1. The molecular formula is C25H36N6O3S. The first kappa shape index (κ1) is 28.1. The molecular weight excluding hydrogens is 464 g/mol. The quantitative estimate of drug-likeness (QED) is 0.540. The van der Waals surface area contributed by atoms with Gasteiger partial charge in [-0.15, -0.1) is 0 Å². The van der Waals surface area contributed by atoms with Crippen LogP contribution in [0.5, 0.6) is 0 Å². The van der Waals surface area contributed by atoms with Gasteiger partial charge in [0.15, 0.2) is 0 Å². The first-order valence-corrected chi connectivity index (χ1v) is 13.4. The topological polar surface area (TPSA) is 101 Å². The van der Waals surface area contributed by atoms with E-state index in [4.69, 9.17) is 0 Å². The highest BCUT2D eigenvalue weighted by atomic mass is 32.2. The van der Waals surface area contributed by atoms with Gasteiger partial charge in [-0.3, -0.25) is 9.36 Å². The summed E-state index contributed by atoms with van der Waals surface area (Å²) in [4.78, 5) is 27.6. The third-order valence-corrected chi connectivity index (χ3v) is 7.34. The third kappa shape index (κ3) is 6.32. The summed E-state index contributed by atoms with van der Waals surface area (Å²) in [7, 11) is -1.92. The summed E-state index contributed by atoms with van der Waals surface area (Å²) in [6, 6.07) is 9.83. The fourth-order valence-electron chi connectivity index (χ4n) is 3.66. The molecule has 0 bridgehead atoms. The van der Waals surface area contributed by atoms with Gasteiger partial charge in [0.25, 0.3) is 5.56 Å². The van der Waals surface area contributed by atoms with E-state index in [0.717, 1.165) is 5.56 Å². The summed E-state index contributed by atoms with van der Waals surface area (Å²) >= 11 is 0. The van der Waals surface area contributed by atoms with Crippen LogP contribution >= 0.6 is 0 Å². The summed E-state index contributed by atoms with van der Waals surface area (Å²) < 4.78 is 29.1. The molecule has 3 heterocycles. The van der Waals surface area contributed by atoms with Crippen molar-refractivity contribution in [3.8, 4) is 11.4 Å². The number of hydrogen-bond acceptors (Lipinski definition) is 7. The van der Waals surface area contributed by atoms with E-state index in [1.54, 1.807) is 43.6 Å². The molecule has 0 N–H and O–H groups in total. The van der Waals surface area contributed by atoms with Crippen molar-refractivity contribution in [3.05, 3.63) is 64.8 Å². The van der Waals surface area contributed by atoms with Crippen LogP contribution in [0, 0.1) is 6.92 Å². The molecule has 3 aromatic rings. The van der Waals surface area contributed by atoms with Gasteiger partial charge in [-0.25, -0.2) is 23.4 Å². The Morgan fingerprint density at radius 1 is 0.971 bits per heavy atom. The minimum absolute atomic E-state index is 0.173. The fourth-order valence-corrected chi connectivity index (χ4v) is 5.17. The van der Waals surface area contributed by atoms with Gasteiger partial charge in [-0.2, -0.15) is 4.31 Å². The Labute approximate surface area is 208 Å². The van der Waals surface area contributed by atoms with Crippen LogP contribution < -0.4 is 10.5 Å². The summed E-state index contributed by atoms with van der Waals surface area (Å²) in [6.45, 7) is 12.9. The lowest BCUT2D eigenvalue weighted by Gasteiger charge is -2.40. The summed E-state index contributed by atoms with van der Waals surface area (Å²) in [5.41, 5.74) is 1.82. The van der Waals surface area contributed by atoms with Crippen LogP contribution in [0.2, 0.25) is 0 Å². The predicted octanol–water partition coefficient (Wildman–Crippen LogP) is 3.50. The lowest BCUT2D eigenvalue weighted by molar-refractivity contribution is 0.338. The summed E-state index contributed by atoms with van der Waals surface area (Å²) in [5.74, 6) is 0.487. The van der Waals surface area contributed by atoms with Crippen molar-refractivity contribution >= 4 is 16.0 Å². The Balaban J connectivity index is 0.00000103. The van der Waals surface area contributed by atoms with Crippen LogP contribution in [0.15, 0.2) is 58.6 Å². The number of benzene rings is 1. The second kappa shape index (κ2) is 12.6. The van der Waals surface area contributed by atoms with Crippen molar-refractivity contribution in [2.75, 3.05) is 24.5 Å². The molecule has 190 valence electrons. The second-order valence-electron chi connectivity index (χ2n) is 7.65. The van der Waals surface area contributed by atoms with Gasteiger partial charge in [-0.05, 0) is 32.0 Å². The molecule has 9 nitrogen and oxygen atoms in total. The Kier molecular flexibility index (Phi) is 10.1. The second-order valence-corrected chi connectivity index (χ2v) is 9.59. The zero-order valence-corrected chi connectivity index (χ0v) is 22.5. The molecule has 1 aliphatic heterocycles. The van der Waals surface area contributed by atoms with E-state index >= 15 is 0 Å². The molecule has 0 unspecified atom stereocenters. The molecule has 1 aliphatic rings. The Hall–Kier alpha value is -3.11. The van der Waals surface area contributed by atoms with Crippen LogP contribution in [-0.2, 0) is 17.1 Å². The molecule has 0 saturated carbocycles. The van der Waals surface area contributed by atoms with Crippen LogP contribution in [0.3, 0.4) is 0 Å². The minimum atomic E-state index is -3.59. The highest BCUT2D eigenvalue weighted by Crippen LogP contribution is 2.24. The number of hydrogen-bond donors (Lipinski definition) is 0. The number of aromatic nitrogens is 4. The highest BCUT2D eigenvalue weighted by molar-refractivity contribution is 7.89. The standard InChI is InChI=1S/C21H24N6O3S.2C2H6/c1-15-4-6-17(7-5-15)31(29,30)26-10-11-27(16(2)13-26)21-24-19(12-20(28)25(21)3)18-8-9-22-14-23-18;2*1-2/h4-9,12,14,16H,10-11,13H2,1-3H3;2*1-2H3/t16-;;/m1../s1. The van der Waals surface area contributed by atoms with E-state index in [-0.39, 0.29) is 16.5 Å². The van der Waals surface area contributed by atoms with E-state index in [2.05, 4.69) is 15.0 Å². The van der Waals surface area contributed by atoms with Crippen LogP contribution in [0.4, 0.5) is 5.95 Å². The zero-order valence-electron chi connectivity index (χ0n) is 21.6. The Morgan fingerprint density at radius 3 is 2.20 bits per heavy atom. The van der Waals surface area contributed by atoms with Crippen molar-refractivity contribution in [2.24, 2.45) is 7.05 Å². The molecule has 1 aromatic carbocycles. The maximum atomic E-state index is 13.1. The first-order valence-electron chi connectivity index (χ1n) is 12.0. The zero-order chi connectivity index (χ0) is 26.2. The molecule has 0 amide bonds. The monoisotopic (exact) mass is 500 g/mol. The van der Waals surface area contributed by atoms with E-state index in [1.807, 2.05) is 46.4 Å². The number of rotatable bonds is 4. The van der Waals surface area contributed by atoms with Gasteiger partial charge in [-0.1, -0.05) is 45.4 Å². The van der Waals surface area contributed by atoms with Crippen LogP contribution in [0.25, 0.3) is 11.4 Å². The smallest absolute Gasteiger partial charge is 0.255 e.